The SMILES string of the molecule is C[C@@H](Cc1ccc(F)cc1)NC(=O)c1cn(C)c2ccc(-c3ccc4c(NC(=O)C5CC5)n[nH]c4c3)cc12. The number of rotatable bonds is 7. The minimum atomic E-state index is -0.274. The van der Waals surface area contributed by atoms with Gasteiger partial charge in [0.15, 0.2) is 5.82 Å². The molecule has 1 atom stereocenters. The van der Waals surface area contributed by atoms with Crippen LogP contribution in [0.2, 0.25) is 0 Å². The molecule has 1 saturated carbocycles. The second kappa shape index (κ2) is 9.45. The highest BCUT2D eigenvalue weighted by molar-refractivity contribution is 6.08. The summed E-state index contributed by atoms with van der Waals surface area (Å²) in [6.45, 7) is 1.94. The van der Waals surface area contributed by atoms with Gasteiger partial charge in [-0.3, -0.25) is 14.7 Å². The molecule has 38 heavy (non-hydrogen) atoms. The molecule has 192 valence electrons. The van der Waals surface area contributed by atoms with Crippen LogP contribution in [0.25, 0.3) is 32.9 Å². The molecular weight excluding hydrogens is 481 g/mol. The number of nitrogens with zero attached hydrogens (tertiary/aromatic N) is 2. The molecule has 6 rings (SSSR count). The lowest BCUT2D eigenvalue weighted by Crippen LogP contribution is -2.34. The molecular formula is C30H28FN5O2. The molecule has 5 aromatic rings. The van der Waals surface area contributed by atoms with Crippen LogP contribution >= 0.6 is 0 Å². The van der Waals surface area contributed by atoms with Gasteiger partial charge in [-0.1, -0.05) is 24.3 Å². The topological polar surface area (TPSA) is 91.8 Å². The van der Waals surface area contributed by atoms with E-state index in [2.05, 4.69) is 20.8 Å². The van der Waals surface area contributed by atoms with E-state index >= 15 is 0 Å². The van der Waals surface area contributed by atoms with E-state index in [0.29, 0.717) is 17.8 Å². The molecule has 1 aliphatic rings. The lowest BCUT2D eigenvalue weighted by Gasteiger charge is -2.14. The Balaban J connectivity index is 1.25. The van der Waals surface area contributed by atoms with Gasteiger partial charge in [-0.25, -0.2) is 4.39 Å². The fourth-order valence-corrected chi connectivity index (χ4v) is 4.94. The van der Waals surface area contributed by atoms with Gasteiger partial charge in [0.25, 0.3) is 5.91 Å². The number of nitrogens with one attached hydrogen (secondary N) is 3. The summed E-state index contributed by atoms with van der Waals surface area (Å²) in [7, 11) is 1.93. The van der Waals surface area contributed by atoms with Gasteiger partial charge in [0.05, 0.1) is 11.1 Å². The molecule has 2 heterocycles. The molecule has 1 aliphatic carbocycles. The molecule has 0 aliphatic heterocycles. The van der Waals surface area contributed by atoms with Gasteiger partial charge < -0.3 is 15.2 Å². The zero-order valence-electron chi connectivity index (χ0n) is 21.2. The highest BCUT2D eigenvalue weighted by atomic mass is 19.1. The molecule has 3 N–H and O–H groups in total. The van der Waals surface area contributed by atoms with Crippen LogP contribution in [-0.4, -0.2) is 32.6 Å². The molecule has 0 unspecified atom stereocenters. The summed E-state index contributed by atoms with van der Waals surface area (Å²) < 4.78 is 15.2. The third-order valence-electron chi connectivity index (χ3n) is 7.15. The minimum absolute atomic E-state index is 0.0230. The first-order valence-corrected chi connectivity index (χ1v) is 12.8. The van der Waals surface area contributed by atoms with Crippen molar-refractivity contribution in [2.45, 2.75) is 32.2 Å². The predicted molar refractivity (Wildman–Crippen MR) is 146 cm³/mol. The van der Waals surface area contributed by atoms with Crippen LogP contribution in [0.4, 0.5) is 10.2 Å². The Morgan fingerprint density at radius 1 is 1.05 bits per heavy atom. The molecule has 0 saturated heterocycles. The highest BCUT2D eigenvalue weighted by Gasteiger charge is 2.30. The van der Waals surface area contributed by atoms with Crippen LogP contribution in [0, 0.1) is 11.7 Å². The summed E-state index contributed by atoms with van der Waals surface area (Å²) in [5.74, 6) is 0.258. The molecule has 0 bridgehead atoms. The van der Waals surface area contributed by atoms with Crippen molar-refractivity contribution in [3.05, 3.63) is 83.8 Å². The molecule has 2 aromatic heterocycles. The van der Waals surface area contributed by atoms with Gasteiger partial charge in [-0.05, 0) is 79.3 Å². The van der Waals surface area contributed by atoms with Crippen LogP contribution in [0.3, 0.4) is 0 Å². The molecule has 2 amide bonds. The molecule has 0 spiro atoms. The Labute approximate surface area is 219 Å². The number of aryl methyl sites for hydroxylation is 1. The first-order valence-electron chi connectivity index (χ1n) is 12.8. The van der Waals surface area contributed by atoms with E-state index < -0.39 is 0 Å². The first kappa shape index (κ1) is 23.9. The number of aromatic amines is 1. The van der Waals surface area contributed by atoms with Crippen LogP contribution < -0.4 is 10.6 Å². The van der Waals surface area contributed by atoms with E-state index in [9.17, 15) is 14.0 Å². The summed E-state index contributed by atoms with van der Waals surface area (Å²) in [5, 5.41) is 15.1. The third kappa shape index (κ3) is 4.65. The van der Waals surface area contributed by atoms with Crippen molar-refractivity contribution in [2.75, 3.05) is 5.32 Å². The number of fused-ring (bicyclic) bond motifs is 2. The lowest BCUT2D eigenvalue weighted by atomic mass is 10.0. The van der Waals surface area contributed by atoms with Crippen molar-refractivity contribution in [1.82, 2.24) is 20.1 Å². The monoisotopic (exact) mass is 509 g/mol. The van der Waals surface area contributed by atoms with Crippen LogP contribution in [0.1, 0.15) is 35.7 Å². The summed E-state index contributed by atoms with van der Waals surface area (Å²) >= 11 is 0. The van der Waals surface area contributed by atoms with Crippen molar-refractivity contribution in [3.63, 3.8) is 0 Å². The lowest BCUT2D eigenvalue weighted by molar-refractivity contribution is -0.117. The Bertz CT molecular complexity index is 1680. The van der Waals surface area contributed by atoms with Crippen molar-refractivity contribution >= 4 is 39.4 Å². The van der Waals surface area contributed by atoms with Crippen molar-refractivity contribution < 1.29 is 14.0 Å². The maximum absolute atomic E-state index is 13.3. The largest absolute Gasteiger partial charge is 0.350 e. The smallest absolute Gasteiger partial charge is 0.253 e. The Morgan fingerprint density at radius 2 is 1.79 bits per heavy atom. The van der Waals surface area contributed by atoms with E-state index in [1.54, 1.807) is 12.1 Å². The van der Waals surface area contributed by atoms with E-state index in [1.165, 1.54) is 12.1 Å². The van der Waals surface area contributed by atoms with Crippen molar-refractivity contribution in [3.8, 4) is 11.1 Å². The van der Waals surface area contributed by atoms with Crippen molar-refractivity contribution in [1.29, 1.82) is 0 Å². The maximum Gasteiger partial charge on any atom is 0.253 e. The number of aromatic nitrogens is 3. The molecule has 1 fully saturated rings. The first-order chi connectivity index (χ1) is 18.4. The fraction of sp³-hybridized carbons (Fsp3) is 0.233. The molecule has 8 heteroatoms. The van der Waals surface area contributed by atoms with E-state index in [0.717, 1.165) is 51.3 Å². The number of hydrogen-bond donors (Lipinski definition) is 3. The zero-order chi connectivity index (χ0) is 26.4. The number of carbonyl (C=O) groups is 2. The average Bonchev–Trinajstić information content (AvgIpc) is 3.62. The molecule has 0 radical (unpaired) electrons. The van der Waals surface area contributed by atoms with Gasteiger partial charge in [0.2, 0.25) is 5.91 Å². The Hall–Kier alpha value is -4.46. The van der Waals surface area contributed by atoms with E-state index in [1.807, 2.05) is 61.1 Å². The van der Waals surface area contributed by atoms with Gasteiger partial charge in [-0.15, -0.1) is 0 Å². The second-order valence-corrected chi connectivity index (χ2v) is 10.2. The molecule has 3 aromatic carbocycles. The van der Waals surface area contributed by atoms with Crippen LogP contribution in [-0.2, 0) is 18.3 Å². The number of amides is 2. The average molecular weight is 510 g/mol. The number of anilines is 1. The minimum Gasteiger partial charge on any atom is -0.350 e. The van der Waals surface area contributed by atoms with E-state index in [-0.39, 0.29) is 29.6 Å². The Kier molecular flexibility index (Phi) is 5.94. The summed E-state index contributed by atoms with van der Waals surface area (Å²) in [6, 6.07) is 18.3. The number of carbonyl (C=O) groups excluding carboxylic acids is 2. The quantitative estimate of drug-likeness (QED) is 0.268. The highest BCUT2D eigenvalue weighted by Crippen LogP contribution is 2.33. The van der Waals surface area contributed by atoms with Crippen molar-refractivity contribution in [2.24, 2.45) is 13.0 Å². The standard InChI is InChI=1S/C30H28FN5O2/c1-17(13-18-3-9-22(31)10-4-18)32-30(38)25-16-36(2)27-12-8-20(14-24(25)27)21-7-11-23-26(15-21)34-35-28(23)33-29(37)19-5-6-19/h3-4,7-12,14-17,19H,5-6,13H2,1-2H3,(H,32,38)(H2,33,34,35,37)/t17-/m0/s1. The second-order valence-electron chi connectivity index (χ2n) is 10.2. The normalized spacial score (nSPS) is 14.1. The predicted octanol–water partition coefficient (Wildman–Crippen LogP) is 5.57. The fourth-order valence-electron chi connectivity index (χ4n) is 4.94. The number of benzene rings is 3. The molecule has 7 nitrogen and oxygen atoms in total. The summed E-state index contributed by atoms with van der Waals surface area (Å²) in [4.78, 5) is 25.4. The number of halogens is 1. The van der Waals surface area contributed by atoms with Gasteiger partial charge in [0, 0.05) is 41.5 Å². The Morgan fingerprint density at radius 3 is 2.55 bits per heavy atom. The summed E-state index contributed by atoms with van der Waals surface area (Å²) in [6.07, 6.45) is 4.33. The zero-order valence-corrected chi connectivity index (χ0v) is 21.2. The maximum atomic E-state index is 13.3. The van der Waals surface area contributed by atoms with Crippen LogP contribution in [0.5, 0.6) is 0 Å². The summed E-state index contributed by atoms with van der Waals surface area (Å²) in [5.41, 5.74) is 5.29. The number of H-pyrrole nitrogens is 1. The van der Waals surface area contributed by atoms with Gasteiger partial charge in [-0.2, -0.15) is 5.10 Å². The van der Waals surface area contributed by atoms with Gasteiger partial charge in [0.1, 0.15) is 5.82 Å². The van der Waals surface area contributed by atoms with Crippen LogP contribution in [0.15, 0.2) is 66.9 Å². The number of hydrogen-bond acceptors (Lipinski definition) is 3. The third-order valence-corrected chi connectivity index (χ3v) is 7.15. The van der Waals surface area contributed by atoms with Gasteiger partial charge >= 0.3 is 0 Å². The van der Waals surface area contributed by atoms with E-state index in [4.69, 9.17) is 0 Å².